The molecule has 1 aromatic carbocycles. The number of ether oxygens (including phenoxy) is 1. The Morgan fingerprint density at radius 1 is 1.29 bits per heavy atom. The molecule has 0 aliphatic carbocycles. The molecule has 2 heteroatoms. The maximum Gasteiger partial charge on any atom is 0.155 e. The molecule has 0 radical (unpaired) electrons. The van der Waals surface area contributed by atoms with Crippen molar-refractivity contribution < 1.29 is 9.84 Å². The van der Waals surface area contributed by atoms with Crippen LogP contribution < -0.4 is 0 Å². The van der Waals surface area contributed by atoms with E-state index in [0.717, 1.165) is 0 Å². The van der Waals surface area contributed by atoms with Gasteiger partial charge in [-0.25, -0.2) is 0 Å². The quantitative estimate of drug-likeness (QED) is 0.773. The van der Waals surface area contributed by atoms with Gasteiger partial charge in [0.25, 0.3) is 0 Å². The van der Waals surface area contributed by atoms with Gasteiger partial charge in [0.05, 0.1) is 6.61 Å². The Morgan fingerprint density at radius 2 is 2.07 bits per heavy atom. The van der Waals surface area contributed by atoms with Crippen molar-refractivity contribution in [2.24, 2.45) is 5.92 Å². The van der Waals surface area contributed by atoms with Crippen molar-refractivity contribution in [1.29, 1.82) is 0 Å². The Morgan fingerprint density at radius 3 is 2.71 bits per heavy atom. The number of rotatable bonds is 2. The standard InChI is InChI=1S/C12H14O2/c13-12-8-11(9-14-12)7-6-10-4-2-1-3-5-10/h1-7,11-13H,8-9H2/b7-6+. The van der Waals surface area contributed by atoms with Crippen molar-refractivity contribution >= 4 is 6.08 Å². The Kier molecular flexibility index (Phi) is 2.96. The van der Waals surface area contributed by atoms with Crippen molar-refractivity contribution in [3.8, 4) is 0 Å². The van der Waals surface area contributed by atoms with Crippen molar-refractivity contribution in [3.63, 3.8) is 0 Å². The van der Waals surface area contributed by atoms with Gasteiger partial charge in [0.15, 0.2) is 6.29 Å². The van der Waals surface area contributed by atoms with Crippen LogP contribution in [0.4, 0.5) is 0 Å². The fourth-order valence-corrected chi connectivity index (χ4v) is 1.58. The molecule has 14 heavy (non-hydrogen) atoms. The first-order chi connectivity index (χ1) is 6.84. The smallest absolute Gasteiger partial charge is 0.155 e. The van der Waals surface area contributed by atoms with Crippen LogP contribution in [0.1, 0.15) is 12.0 Å². The molecule has 74 valence electrons. The first-order valence-electron chi connectivity index (χ1n) is 4.87. The highest BCUT2D eigenvalue weighted by molar-refractivity contribution is 5.49. The molecule has 2 unspecified atom stereocenters. The molecule has 2 atom stereocenters. The SMILES string of the molecule is OC1CC(/C=C/c2ccccc2)CO1. The van der Waals surface area contributed by atoms with Crippen molar-refractivity contribution in [2.45, 2.75) is 12.7 Å². The van der Waals surface area contributed by atoms with Crippen LogP contribution in [0.2, 0.25) is 0 Å². The van der Waals surface area contributed by atoms with Gasteiger partial charge in [0.2, 0.25) is 0 Å². The largest absolute Gasteiger partial charge is 0.368 e. The number of hydrogen-bond donors (Lipinski definition) is 1. The third kappa shape index (κ3) is 2.44. The van der Waals surface area contributed by atoms with E-state index in [-0.39, 0.29) is 0 Å². The average molecular weight is 190 g/mol. The minimum atomic E-state index is -0.569. The minimum Gasteiger partial charge on any atom is -0.368 e. The first-order valence-corrected chi connectivity index (χ1v) is 4.87. The van der Waals surface area contributed by atoms with Crippen LogP contribution >= 0.6 is 0 Å². The van der Waals surface area contributed by atoms with Crippen LogP contribution in [0.15, 0.2) is 36.4 Å². The highest BCUT2D eigenvalue weighted by Crippen LogP contribution is 2.19. The molecule has 1 aromatic rings. The summed E-state index contributed by atoms with van der Waals surface area (Å²) in [6.45, 7) is 0.629. The summed E-state index contributed by atoms with van der Waals surface area (Å²) in [5, 5.41) is 9.14. The summed E-state index contributed by atoms with van der Waals surface area (Å²) in [6.07, 6.45) is 4.32. The fraction of sp³-hybridized carbons (Fsp3) is 0.333. The lowest BCUT2D eigenvalue weighted by Crippen LogP contribution is -2.00. The predicted molar refractivity (Wildman–Crippen MR) is 55.5 cm³/mol. The normalized spacial score (nSPS) is 27.2. The van der Waals surface area contributed by atoms with Gasteiger partial charge < -0.3 is 9.84 Å². The van der Waals surface area contributed by atoms with E-state index in [1.54, 1.807) is 0 Å². The number of aliphatic hydroxyl groups excluding tert-OH is 1. The van der Waals surface area contributed by atoms with Gasteiger partial charge in [0, 0.05) is 12.3 Å². The van der Waals surface area contributed by atoms with Crippen LogP contribution in [0, 0.1) is 5.92 Å². The van der Waals surface area contributed by atoms with Crippen LogP contribution in [-0.2, 0) is 4.74 Å². The summed E-state index contributed by atoms with van der Waals surface area (Å²) in [7, 11) is 0. The Balaban J connectivity index is 1.94. The maximum atomic E-state index is 9.14. The minimum absolute atomic E-state index is 0.352. The second-order valence-electron chi connectivity index (χ2n) is 3.55. The second-order valence-corrected chi connectivity index (χ2v) is 3.55. The van der Waals surface area contributed by atoms with E-state index in [1.165, 1.54) is 5.56 Å². The van der Waals surface area contributed by atoms with E-state index in [1.807, 2.05) is 18.2 Å². The van der Waals surface area contributed by atoms with Gasteiger partial charge >= 0.3 is 0 Å². The van der Waals surface area contributed by atoms with Gasteiger partial charge in [0.1, 0.15) is 0 Å². The summed E-state index contributed by atoms with van der Waals surface area (Å²) in [5.41, 5.74) is 1.19. The van der Waals surface area contributed by atoms with Crippen LogP contribution in [-0.4, -0.2) is 18.0 Å². The highest BCUT2D eigenvalue weighted by atomic mass is 16.6. The third-order valence-corrected chi connectivity index (χ3v) is 2.37. The highest BCUT2D eigenvalue weighted by Gasteiger charge is 2.20. The zero-order valence-electron chi connectivity index (χ0n) is 7.97. The van der Waals surface area contributed by atoms with Crippen molar-refractivity contribution in [2.75, 3.05) is 6.61 Å². The summed E-state index contributed by atoms with van der Waals surface area (Å²) in [6, 6.07) is 10.1. The molecule has 1 aliphatic heterocycles. The lowest BCUT2D eigenvalue weighted by Gasteiger charge is -1.98. The molecule has 1 heterocycles. The molecule has 0 saturated carbocycles. The van der Waals surface area contributed by atoms with E-state index < -0.39 is 6.29 Å². The van der Waals surface area contributed by atoms with Gasteiger partial charge in [-0.3, -0.25) is 0 Å². The van der Waals surface area contributed by atoms with Gasteiger partial charge in [-0.05, 0) is 5.56 Å². The Bertz CT molecular complexity index is 305. The summed E-state index contributed by atoms with van der Waals surface area (Å²) < 4.78 is 5.06. The maximum absolute atomic E-state index is 9.14. The number of aliphatic hydroxyl groups is 1. The zero-order valence-corrected chi connectivity index (χ0v) is 7.97. The van der Waals surface area contributed by atoms with Gasteiger partial charge in [-0.1, -0.05) is 42.5 Å². The third-order valence-electron chi connectivity index (χ3n) is 2.37. The lowest BCUT2D eigenvalue weighted by molar-refractivity contribution is -0.0590. The molecule has 1 aliphatic rings. The summed E-state index contributed by atoms with van der Waals surface area (Å²) >= 11 is 0. The van der Waals surface area contributed by atoms with Crippen molar-refractivity contribution in [3.05, 3.63) is 42.0 Å². The average Bonchev–Trinajstić information content (AvgIpc) is 2.63. The van der Waals surface area contributed by atoms with Gasteiger partial charge in [-0.15, -0.1) is 0 Å². The van der Waals surface area contributed by atoms with Crippen LogP contribution in [0.25, 0.3) is 6.08 Å². The Hall–Kier alpha value is -1.12. The van der Waals surface area contributed by atoms with Crippen LogP contribution in [0.3, 0.4) is 0 Å². The van der Waals surface area contributed by atoms with E-state index in [4.69, 9.17) is 9.84 Å². The van der Waals surface area contributed by atoms with E-state index in [9.17, 15) is 0 Å². The molecule has 2 nitrogen and oxygen atoms in total. The van der Waals surface area contributed by atoms with Crippen LogP contribution in [0.5, 0.6) is 0 Å². The topological polar surface area (TPSA) is 29.5 Å². The molecule has 2 rings (SSSR count). The van der Waals surface area contributed by atoms with Crippen molar-refractivity contribution in [1.82, 2.24) is 0 Å². The number of hydrogen-bond acceptors (Lipinski definition) is 2. The molecule has 1 saturated heterocycles. The molecule has 0 amide bonds. The molecule has 0 aromatic heterocycles. The Labute approximate surface area is 83.8 Å². The second kappa shape index (κ2) is 4.40. The van der Waals surface area contributed by atoms with Gasteiger partial charge in [-0.2, -0.15) is 0 Å². The predicted octanol–water partition coefficient (Wildman–Crippen LogP) is 2.05. The molecule has 0 bridgehead atoms. The monoisotopic (exact) mass is 190 g/mol. The van der Waals surface area contributed by atoms with E-state index >= 15 is 0 Å². The fourth-order valence-electron chi connectivity index (χ4n) is 1.58. The molecule has 1 N–H and O–H groups in total. The zero-order chi connectivity index (χ0) is 9.80. The summed E-state index contributed by atoms with van der Waals surface area (Å²) in [5.74, 6) is 0.352. The number of benzene rings is 1. The lowest BCUT2D eigenvalue weighted by atomic mass is 10.1. The first kappa shape index (κ1) is 9.44. The van der Waals surface area contributed by atoms with E-state index in [2.05, 4.69) is 24.3 Å². The molecule has 1 fully saturated rings. The summed E-state index contributed by atoms with van der Waals surface area (Å²) in [4.78, 5) is 0. The van der Waals surface area contributed by atoms with E-state index in [0.29, 0.717) is 18.9 Å². The molecular weight excluding hydrogens is 176 g/mol. The molecular formula is C12H14O2. The molecule has 0 spiro atoms.